The third kappa shape index (κ3) is 9.11. The first-order valence-electron chi connectivity index (χ1n) is 24.6. The second-order valence-corrected chi connectivity index (χ2v) is 18.5. The molecule has 0 atom stereocenters. The normalized spacial score (nSPS) is 11.1. The zero-order valence-corrected chi connectivity index (χ0v) is 41.3. The second-order valence-electron chi connectivity index (χ2n) is 18.5. The van der Waals surface area contributed by atoms with Crippen LogP contribution >= 0.6 is 0 Å². The molecular formula is C66H48N2O10. The number of benzene rings is 11. The molecule has 0 aliphatic carbocycles. The minimum atomic E-state index is -1.01. The number of anilines is 6. The fraction of sp³-hybridized carbons (Fsp3) is 0. The summed E-state index contributed by atoms with van der Waals surface area (Å²) in [4.78, 5) is 4.11. The molecule has 11 rings (SSSR count). The van der Waals surface area contributed by atoms with Gasteiger partial charge >= 0.3 is 0 Å². The highest BCUT2D eigenvalue weighted by atomic mass is 16.4. The summed E-state index contributed by atoms with van der Waals surface area (Å²) in [5.74, 6) is -8.80. The van der Waals surface area contributed by atoms with E-state index in [1.807, 2.05) is 84.9 Å². The van der Waals surface area contributed by atoms with E-state index in [4.69, 9.17) is 0 Å². The Hall–Kier alpha value is -11.0. The van der Waals surface area contributed by atoms with Gasteiger partial charge in [0.05, 0.1) is 11.1 Å². The Kier molecular flexibility index (Phi) is 12.9. The maximum Gasteiger partial charge on any atom is 0.208 e. The molecule has 78 heavy (non-hydrogen) atoms. The Bertz CT molecular complexity index is 3630. The van der Waals surface area contributed by atoms with Crippen LogP contribution in [0, 0.1) is 0 Å². The van der Waals surface area contributed by atoms with E-state index < -0.39 is 57.5 Å². The molecule has 382 valence electrons. The first-order valence-corrected chi connectivity index (χ1v) is 24.6. The molecule has 0 radical (unpaired) electrons. The van der Waals surface area contributed by atoms with Crippen LogP contribution in [0.4, 0.5) is 34.1 Å². The van der Waals surface area contributed by atoms with Crippen molar-refractivity contribution in [2.45, 2.75) is 0 Å². The predicted octanol–water partition coefficient (Wildman–Crippen LogP) is 15.7. The summed E-state index contributed by atoms with van der Waals surface area (Å²) in [6.07, 6.45) is 0. The summed E-state index contributed by atoms with van der Waals surface area (Å²) in [5, 5.41) is 102. The van der Waals surface area contributed by atoms with Crippen molar-refractivity contribution < 1.29 is 51.1 Å². The lowest BCUT2D eigenvalue weighted by Crippen LogP contribution is -2.09. The highest BCUT2D eigenvalue weighted by Gasteiger charge is 2.26. The van der Waals surface area contributed by atoms with Crippen molar-refractivity contribution in [2.75, 3.05) is 9.80 Å². The summed E-state index contributed by atoms with van der Waals surface area (Å²) in [6.45, 7) is 0. The van der Waals surface area contributed by atoms with Crippen LogP contribution in [0.15, 0.2) is 231 Å². The number of hydrogen-bond donors (Lipinski definition) is 10. The zero-order valence-electron chi connectivity index (χ0n) is 41.3. The van der Waals surface area contributed by atoms with Crippen molar-refractivity contribution in [1.82, 2.24) is 0 Å². The first-order chi connectivity index (χ1) is 37.8. The molecule has 0 unspecified atom stereocenters. The van der Waals surface area contributed by atoms with E-state index in [1.54, 1.807) is 48.5 Å². The predicted molar refractivity (Wildman–Crippen MR) is 305 cm³/mol. The quantitative estimate of drug-likeness (QED) is 0.0410. The maximum absolute atomic E-state index is 10.5. The second kappa shape index (κ2) is 20.4. The molecule has 0 saturated heterocycles. The average Bonchev–Trinajstić information content (AvgIpc) is 3.53. The number of nitrogens with zero attached hydrogens (tertiary/aromatic N) is 2. The molecule has 0 aliphatic rings. The summed E-state index contributed by atoms with van der Waals surface area (Å²) in [5.41, 5.74) is 13.8. The Morgan fingerprint density at radius 3 is 0.513 bits per heavy atom. The number of phenolic OH excluding ortho intramolecular Hbond substituents is 10. The molecule has 0 amide bonds. The Labute approximate surface area is 447 Å². The molecule has 0 saturated carbocycles. The minimum absolute atomic E-state index is 0.218. The van der Waals surface area contributed by atoms with Crippen LogP contribution < -0.4 is 9.80 Å². The topological polar surface area (TPSA) is 209 Å². The number of aromatic hydroxyl groups is 10. The SMILES string of the molecule is Oc1c(O)c(O)c(-c2ccc(N(c3ccccc3)c3ccc(-c4ccc(-c5ccc(-c6ccc(-c7ccc(N(c8ccccc8)c8ccc(-c9c(O)c(O)c(O)c(O)c9O)cc8)cc7)cc6)cc5)cc4)cc3)cc2)c(O)c1O. The van der Waals surface area contributed by atoms with E-state index >= 15 is 0 Å². The Balaban J connectivity index is 0.769. The van der Waals surface area contributed by atoms with Gasteiger partial charge in [0.2, 0.25) is 34.5 Å². The van der Waals surface area contributed by atoms with E-state index in [1.165, 1.54) is 0 Å². The summed E-state index contributed by atoms with van der Waals surface area (Å²) >= 11 is 0. The van der Waals surface area contributed by atoms with E-state index in [0.29, 0.717) is 11.1 Å². The largest absolute Gasteiger partial charge is 0.504 e. The first kappa shape index (κ1) is 49.2. The molecule has 12 nitrogen and oxygen atoms in total. The minimum Gasteiger partial charge on any atom is -0.504 e. The number of hydrogen-bond acceptors (Lipinski definition) is 12. The van der Waals surface area contributed by atoms with E-state index in [9.17, 15) is 51.1 Å². The fourth-order valence-corrected chi connectivity index (χ4v) is 9.69. The van der Waals surface area contributed by atoms with Crippen LogP contribution in [0.1, 0.15) is 0 Å². The lowest BCUT2D eigenvalue weighted by atomic mass is 9.97. The molecular weight excluding hydrogens is 981 g/mol. The van der Waals surface area contributed by atoms with Crippen LogP contribution in [0.3, 0.4) is 0 Å². The van der Waals surface area contributed by atoms with Gasteiger partial charge in [-0.15, -0.1) is 0 Å². The van der Waals surface area contributed by atoms with Gasteiger partial charge in [0.15, 0.2) is 23.0 Å². The fourth-order valence-electron chi connectivity index (χ4n) is 9.69. The van der Waals surface area contributed by atoms with Crippen LogP contribution in [0.25, 0.3) is 66.8 Å². The van der Waals surface area contributed by atoms with Crippen molar-refractivity contribution in [3.63, 3.8) is 0 Å². The summed E-state index contributed by atoms with van der Waals surface area (Å²) in [6, 6.07) is 75.2. The van der Waals surface area contributed by atoms with Gasteiger partial charge in [-0.3, -0.25) is 0 Å². The van der Waals surface area contributed by atoms with Gasteiger partial charge in [-0.05, 0) is 128 Å². The molecule has 11 aromatic rings. The highest BCUT2D eigenvalue weighted by Crippen LogP contribution is 2.56. The average molecular weight is 1030 g/mol. The van der Waals surface area contributed by atoms with Crippen molar-refractivity contribution >= 4 is 34.1 Å². The van der Waals surface area contributed by atoms with Gasteiger partial charge in [-0.1, -0.05) is 158 Å². The zero-order chi connectivity index (χ0) is 54.2. The van der Waals surface area contributed by atoms with Crippen molar-refractivity contribution in [3.8, 4) is 124 Å². The molecule has 0 aliphatic heterocycles. The molecule has 0 fully saturated rings. The number of rotatable bonds is 12. The van der Waals surface area contributed by atoms with Gasteiger partial charge in [-0.2, -0.15) is 0 Å². The molecule has 0 aromatic heterocycles. The van der Waals surface area contributed by atoms with Crippen LogP contribution in [0.2, 0.25) is 0 Å². The van der Waals surface area contributed by atoms with Crippen molar-refractivity contribution in [2.24, 2.45) is 0 Å². The van der Waals surface area contributed by atoms with E-state index in [-0.39, 0.29) is 11.1 Å². The van der Waals surface area contributed by atoms with Crippen LogP contribution in [-0.2, 0) is 0 Å². The third-order valence-corrected chi connectivity index (χ3v) is 13.8. The summed E-state index contributed by atoms with van der Waals surface area (Å²) < 4.78 is 0. The number of para-hydroxylation sites is 2. The van der Waals surface area contributed by atoms with Crippen molar-refractivity contribution in [1.29, 1.82) is 0 Å². The highest BCUT2D eigenvalue weighted by molar-refractivity contribution is 5.89. The number of phenols is 10. The maximum atomic E-state index is 10.5. The van der Waals surface area contributed by atoms with Gasteiger partial charge in [0.25, 0.3) is 0 Å². The molecule has 0 heterocycles. The Morgan fingerprint density at radius 2 is 0.308 bits per heavy atom. The van der Waals surface area contributed by atoms with Gasteiger partial charge in [0.1, 0.15) is 0 Å². The molecule has 11 aromatic carbocycles. The summed E-state index contributed by atoms with van der Waals surface area (Å²) in [7, 11) is 0. The van der Waals surface area contributed by atoms with Crippen LogP contribution in [0.5, 0.6) is 57.5 Å². The lowest BCUT2D eigenvalue weighted by molar-refractivity contribution is 0.330. The molecule has 0 bridgehead atoms. The van der Waals surface area contributed by atoms with Gasteiger partial charge in [0, 0.05) is 34.1 Å². The standard InChI is InChI=1S/C66H48N2O10/c69-57-55(58(70)62(74)65(77)61(57)73)47-27-35-53(36-28-47)67(49-7-3-1-4-8-49)51-31-23-45(24-32-51)43-19-15-41(16-20-43)39-11-13-40(14-12-39)42-17-21-44(22-18-42)46-25-33-52(34-26-46)68(50-9-5-2-6-10-50)54-37-29-48(30-38-54)56-59(71)63(75)66(78)64(76)60(56)72/h1-38,69-78H. The third-order valence-electron chi connectivity index (χ3n) is 13.8. The van der Waals surface area contributed by atoms with E-state index in [2.05, 4.69) is 107 Å². The van der Waals surface area contributed by atoms with Crippen LogP contribution in [-0.4, -0.2) is 51.1 Å². The Morgan fingerprint density at radius 1 is 0.154 bits per heavy atom. The monoisotopic (exact) mass is 1030 g/mol. The molecule has 12 heteroatoms. The lowest BCUT2D eigenvalue weighted by Gasteiger charge is -2.26. The van der Waals surface area contributed by atoms with Gasteiger partial charge in [-0.25, -0.2) is 0 Å². The molecule has 10 N–H and O–H groups in total. The van der Waals surface area contributed by atoms with E-state index in [0.717, 1.165) is 78.6 Å². The van der Waals surface area contributed by atoms with Crippen molar-refractivity contribution in [3.05, 3.63) is 231 Å². The smallest absolute Gasteiger partial charge is 0.208 e. The molecule has 0 spiro atoms. The van der Waals surface area contributed by atoms with Gasteiger partial charge < -0.3 is 60.9 Å².